The second kappa shape index (κ2) is 9.98. The van der Waals surface area contributed by atoms with E-state index in [-0.39, 0.29) is 10.7 Å². The molecule has 1 aliphatic rings. The van der Waals surface area contributed by atoms with Gasteiger partial charge in [-0.1, -0.05) is 11.3 Å². The normalized spacial score (nSPS) is 14.0. The summed E-state index contributed by atoms with van der Waals surface area (Å²) in [5, 5.41) is 6.52. The van der Waals surface area contributed by atoms with Gasteiger partial charge in [0.05, 0.1) is 18.5 Å². The Balaban J connectivity index is 1.49. The van der Waals surface area contributed by atoms with E-state index in [0.717, 1.165) is 48.9 Å². The minimum Gasteiger partial charge on any atom is -0.497 e. The number of methoxy groups -OCH3 is 1. The molecule has 10 nitrogen and oxygen atoms in total. The van der Waals surface area contributed by atoms with Crippen LogP contribution in [0.25, 0.3) is 0 Å². The summed E-state index contributed by atoms with van der Waals surface area (Å²) >= 11 is 1.12. The van der Waals surface area contributed by atoms with Gasteiger partial charge >= 0.3 is 0 Å². The fraction of sp³-hybridized carbons (Fsp3) is 0.261. The number of nitrogens with zero attached hydrogens (tertiary/aromatic N) is 3. The zero-order chi connectivity index (χ0) is 24.2. The molecule has 0 radical (unpaired) electrons. The van der Waals surface area contributed by atoms with Crippen LogP contribution in [0, 0.1) is 0 Å². The number of amides is 2. The van der Waals surface area contributed by atoms with Crippen molar-refractivity contribution in [3.8, 4) is 5.75 Å². The smallest absolute Gasteiger partial charge is 0.270 e. The van der Waals surface area contributed by atoms with Gasteiger partial charge in [0.1, 0.15) is 10.8 Å². The number of likely N-dealkylation sites (N-methyl/N-ethyl adjacent to an activating group) is 1. The summed E-state index contributed by atoms with van der Waals surface area (Å²) < 4.78 is 5.15. The summed E-state index contributed by atoms with van der Waals surface area (Å²) in [5.41, 5.74) is 14.3. The van der Waals surface area contributed by atoms with Crippen molar-refractivity contribution in [2.24, 2.45) is 5.73 Å². The molecule has 1 fully saturated rings. The third-order valence-electron chi connectivity index (χ3n) is 5.56. The molecule has 1 aliphatic heterocycles. The molecule has 0 saturated carbocycles. The van der Waals surface area contributed by atoms with Gasteiger partial charge in [-0.2, -0.15) is 0 Å². The van der Waals surface area contributed by atoms with Gasteiger partial charge in [-0.05, 0) is 49.5 Å². The third-order valence-corrected chi connectivity index (χ3v) is 6.45. The summed E-state index contributed by atoms with van der Waals surface area (Å²) in [6.07, 6.45) is 0. The average molecular weight is 482 g/mol. The molecule has 2 aromatic carbocycles. The van der Waals surface area contributed by atoms with E-state index in [2.05, 4.69) is 32.5 Å². The fourth-order valence-corrected chi connectivity index (χ4v) is 4.52. The summed E-state index contributed by atoms with van der Waals surface area (Å²) in [5.74, 6) is -0.425. The molecule has 34 heavy (non-hydrogen) atoms. The van der Waals surface area contributed by atoms with Crippen LogP contribution in [0.2, 0.25) is 0 Å². The average Bonchev–Trinajstić information content (AvgIpc) is 3.22. The highest BCUT2D eigenvalue weighted by molar-refractivity contribution is 7.20. The van der Waals surface area contributed by atoms with Crippen LogP contribution < -0.4 is 31.7 Å². The number of nitrogen functional groups attached to an aromatic ring is 1. The number of thiazole rings is 1. The number of aromatic nitrogens is 1. The van der Waals surface area contributed by atoms with E-state index in [0.29, 0.717) is 22.1 Å². The Morgan fingerprint density at radius 2 is 1.79 bits per heavy atom. The molecule has 11 heteroatoms. The maximum absolute atomic E-state index is 12.9. The van der Waals surface area contributed by atoms with Crippen molar-refractivity contribution in [1.82, 2.24) is 9.88 Å². The molecule has 1 saturated heterocycles. The Bertz CT molecular complexity index is 1190. The second-order valence-electron chi connectivity index (χ2n) is 7.93. The summed E-state index contributed by atoms with van der Waals surface area (Å²) in [6.45, 7) is 3.66. The number of hydrogen-bond donors (Lipinski definition) is 4. The quantitative estimate of drug-likeness (QED) is 0.378. The fourth-order valence-electron chi connectivity index (χ4n) is 3.63. The number of nitrogens with two attached hydrogens (primary N) is 2. The van der Waals surface area contributed by atoms with E-state index in [4.69, 9.17) is 16.2 Å². The van der Waals surface area contributed by atoms with Crippen LogP contribution >= 0.6 is 11.3 Å². The highest BCUT2D eigenvalue weighted by atomic mass is 32.1. The third kappa shape index (κ3) is 5.21. The molecular weight excluding hydrogens is 454 g/mol. The van der Waals surface area contributed by atoms with Gasteiger partial charge < -0.3 is 36.6 Å². The predicted molar refractivity (Wildman–Crippen MR) is 135 cm³/mol. The highest BCUT2D eigenvalue weighted by Gasteiger charge is 2.21. The maximum Gasteiger partial charge on any atom is 0.270 e. The number of carbonyl (C=O) groups is 2. The van der Waals surface area contributed by atoms with Crippen molar-refractivity contribution >= 4 is 50.3 Å². The topological polar surface area (TPSA) is 139 Å². The van der Waals surface area contributed by atoms with Gasteiger partial charge in [0.15, 0.2) is 10.8 Å². The SMILES string of the molecule is COc1ccc(Nc2nc(C(N)=O)c(NC(=O)c3ccc(N4CCN(C)CC4)c(N)c3)s2)cc1. The molecular formula is C23H27N7O3S. The van der Waals surface area contributed by atoms with Crippen molar-refractivity contribution in [2.75, 3.05) is 61.6 Å². The molecule has 0 bridgehead atoms. The Morgan fingerprint density at radius 1 is 1.09 bits per heavy atom. The Hall–Kier alpha value is -3.83. The molecule has 0 unspecified atom stereocenters. The van der Waals surface area contributed by atoms with Gasteiger partial charge in [-0.25, -0.2) is 4.98 Å². The molecule has 0 aliphatic carbocycles. The number of carbonyl (C=O) groups excluding carboxylic acids is 2. The van der Waals surface area contributed by atoms with Crippen LogP contribution in [-0.2, 0) is 0 Å². The van der Waals surface area contributed by atoms with Crippen LogP contribution in [0.1, 0.15) is 20.8 Å². The highest BCUT2D eigenvalue weighted by Crippen LogP contribution is 2.32. The van der Waals surface area contributed by atoms with E-state index in [1.807, 2.05) is 18.2 Å². The van der Waals surface area contributed by atoms with Crippen molar-refractivity contribution in [3.63, 3.8) is 0 Å². The first-order valence-corrected chi connectivity index (χ1v) is 11.5. The molecule has 1 aromatic heterocycles. The molecule has 0 spiro atoms. The number of nitrogens with one attached hydrogen (secondary N) is 2. The molecule has 4 rings (SSSR count). The largest absolute Gasteiger partial charge is 0.497 e. The maximum atomic E-state index is 12.9. The molecule has 6 N–H and O–H groups in total. The van der Waals surface area contributed by atoms with Gasteiger partial charge in [-0.3, -0.25) is 9.59 Å². The van der Waals surface area contributed by atoms with Crippen LogP contribution in [0.4, 0.5) is 27.2 Å². The second-order valence-corrected chi connectivity index (χ2v) is 8.93. The standard InChI is InChI=1S/C23H27N7O3S/c1-29-9-11-30(12-10-29)18-8-3-14(13-17(18)24)21(32)28-22-19(20(25)31)27-23(34-22)26-15-4-6-16(33-2)7-5-15/h3-8,13H,9-12,24H2,1-2H3,(H2,25,31)(H,26,27)(H,28,32). The van der Waals surface area contributed by atoms with Crippen molar-refractivity contribution in [1.29, 1.82) is 0 Å². The zero-order valence-corrected chi connectivity index (χ0v) is 19.8. The molecule has 3 aromatic rings. The number of anilines is 5. The zero-order valence-electron chi connectivity index (χ0n) is 19.0. The lowest BCUT2D eigenvalue weighted by Crippen LogP contribution is -2.44. The first kappa shape index (κ1) is 23.3. The van der Waals surface area contributed by atoms with Crippen LogP contribution in [0.15, 0.2) is 42.5 Å². The number of ether oxygens (including phenoxy) is 1. The Kier molecular flexibility index (Phi) is 6.85. The van der Waals surface area contributed by atoms with E-state index in [1.165, 1.54) is 0 Å². The first-order valence-electron chi connectivity index (χ1n) is 10.7. The van der Waals surface area contributed by atoms with Crippen molar-refractivity contribution in [2.45, 2.75) is 0 Å². The minimum absolute atomic E-state index is 0.0172. The molecule has 2 amide bonds. The van der Waals surface area contributed by atoms with Gasteiger partial charge in [0.2, 0.25) is 0 Å². The molecule has 2 heterocycles. The van der Waals surface area contributed by atoms with Crippen LogP contribution in [0.5, 0.6) is 5.75 Å². The van der Waals surface area contributed by atoms with E-state index in [9.17, 15) is 9.59 Å². The lowest BCUT2D eigenvalue weighted by Gasteiger charge is -2.34. The monoisotopic (exact) mass is 481 g/mol. The Labute approximate surface area is 201 Å². The number of piperazine rings is 1. The van der Waals surface area contributed by atoms with Crippen molar-refractivity contribution < 1.29 is 14.3 Å². The number of hydrogen-bond acceptors (Lipinski definition) is 9. The summed E-state index contributed by atoms with van der Waals surface area (Å²) in [6, 6.07) is 12.4. The Morgan fingerprint density at radius 3 is 2.41 bits per heavy atom. The van der Waals surface area contributed by atoms with Gasteiger partial charge in [0, 0.05) is 37.4 Å². The minimum atomic E-state index is -0.737. The number of benzene rings is 2. The number of rotatable bonds is 7. The number of primary amides is 1. The van der Waals surface area contributed by atoms with Crippen molar-refractivity contribution in [3.05, 3.63) is 53.7 Å². The van der Waals surface area contributed by atoms with Crippen LogP contribution in [-0.4, -0.2) is 62.0 Å². The van der Waals surface area contributed by atoms with E-state index < -0.39 is 11.8 Å². The lowest BCUT2D eigenvalue weighted by molar-refractivity contribution is 0.0997. The van der Waals surface area contributed by atoms with Crippen LogP contribution in [0.3, 0.4) is 0 Å². The lowest BCUT2D eigenvalue weighted by atomic mass is 10.1. The summed E-state index contributed by atoms with van der Waals surface area (Å²) in [4.78, 5) is 33.6. The molecule has 0 atom stereocenters. The van der Waals surface area contributed by atoms with E-state index in [1.54, 1.807) is 31.4 Å². The van der Waals surface area contributed by atoms with Gasteiger partial charge in [-0.15, -0.1) is 0 Å². The van der Waals surface area contributed by atoms with Gasteiger partial charge in [0.25, 0.3) is 11.8 Å². The van der Waals surface area contributed by atoms with E-state index >= 15 is 0 Å². The predicted octanol–water partition coefficient (Wildman–Crippen LogP) is 2.58. The first-order chi connectivity index (χ1) is 16.3. The summed E-state index contributed by atoms with van der Waals surface area (Å²) in [7, 11) is 3.68. The molecule has 178 valence electrons.